The van der Waals surface area contributed by atoms with Crippen LogP contribution in [0, 0.1) is 28.6 Å². The van der Waals surface area contributed by atoms with E-state index >= 15 is 0 Å². The molecule has 2 fully saturated rings. The quantitative estimate of drug-likeness (QED) is 0.310. The molecular weight excluding hydrogens is 388 g/mol. The van der Waals surface area contributed by atoms with Gasteiger partial charge in [0.15, 0.2) is 0 Å². The van der Waals surface area contributed by atoms with Crippen LogP contribution >= 0.6 is 0 Å². The van der Waals surface area contributed by atoms with E-state index < -0.39 is 0 Å². The number of piperidine rings is 2. The summed E-state index contributed by atoms with van der Waals surface area (Å²) in [6.45, 7) is 25.2. The van der Waals surface area contributed by atoms with E-state index in [1.165, 1.54) is 77.3 Å². The highest BCUT2D eigenvalue weighted by Crippen LogP contribution is 2.58. The van der Waals surface area contributed by atoms with Crippen molar-refractivity contribution in [2.24, 2.45) is 28.6 Å². The molecule has 32 heavy (non-hydrogen) atoms. The van der Waals surface area contributed by atoms with E-state index in [1.54, 1.807) is 0 Å². The van der Waals surface area contributed by atoms with Crippen LogP contribution in [0.15, 0.2) is 0 Å². The molecule has 0 N–H and O–H groups in total. The van der Waals surface area contributed by atoms with Crippen LogP contribution in [0.1, 0.15) is 127 Å². The van der Waals surface area contributed by atoms with E-state index in [9.17, 15) is 0 Å². The van der Waals surface area contributed by atoms with Gasteiger partial charge in [0.05, 0.1) is 0 Å². The zero-order chi connectivity index (χ0) is 24.4. The molecule has 190 valence electrons. The number of rotatable bonds is 10. The summed E-state index contributed by atoms with van der Waals surface area (Å²) in [5.41, 5.74) is 1.16. The fraction of sp³-hybridized carbons (Fsp3) is 1.00. The van der Waals surface area contributed by atoms with E-state index in [0.29, 0.717) is 10.8 Å². The van der Waals surface area contributed by atoms with Gasteiger partial charge < -0.3 is 9.80 Å². The molecule has 2 aliphatic rings. The summed E-state index contributed by atoms with van der Waals surface area (Å²) in [7, 11) is 4.71. The van der Waals surface area contributed by atoms with Gasteiger partial charge in [-0.1, -0.05) is 79.6 Å². The summed E-state index contributed by atoms with van der Waals surface area (Å²) in [5, 5.41) is 0. The van der Waals surface area contributed by atoms with Gasteiger partial charge in [-0.3, -0.25) is 0 Å². The summed E-state index contributed by atoms with van der Waals surface area (Å²) in [6, 6.07) is 0. The van der Waals surface area contributed by atoms with Crippen LogP contribution in [0.25, 0.3) is 0 Å². The first kappa shape index (κ1) is 28.2. The Morgan fingerprint density at radius 3 is 1.41 bits per heavy atom. The topological polar surface area (TPSA) is 6.48 Å². The molecule has 0 spiro atoms. The normalized spacial score (nSPS) is 30.8. The van der Waals surface area contributed by atoms with Crippen LogP contribution in [0.3, 0.4) is 0 Å². The van der Waals surface area contributed by atoms with Gasteiger partial charge in [-0.25, -0.2) is 0 Å². The van der Waals surface area contributed by atoms with Gasteiger partial charge in [0.2, 0.25) is 0 Å². The highest BCUT2D eigenvalue weighted by Gasteiger charge is 2.56. The van der Waals surface area contributed by atoms with E-state index in [2.05, 4.69) is 86.2 Å². The van der Waals surface area contributed by atoms with Gasteiger partial charge in [-0.05, 0) is 103 Å². The summed E-state index contributed by atoms with van der Waals surface area (Å²) in [4.78, 5) is 5.27. The molecule has 0 bridgehead atoms. The van der Waals surface area contributed by atoms with Crippen molar-refractivity contribution >= 4 is 0 Å². The molecule has 2 rings (SSSR count). The third-order valence-corrected chi connectivity index (χ3v) is 11.6. The first-order valence-electron chi connectivity index (χ1n) is 14.1. The second-order valence-electron chi connectivity index (χ2n) is 13.8. The van der Waals surface area contributed by atoms with Crippen LogP contribution in [-0.2, 0) is 0 Å². The number of likely N-dealkylation sites (tertiary alicyclic amines) is 2. The molecule has 0 amide bonds. The van der Waals surface area contributed by atoms with Crippen LogP contribution in [0.2, 0.25) is 0 Å². The highest BCUT2D eigenvalue weighted by atomic mass is 15.2. The molecule has 0 aromatic heterocycles. The maximum Gasteiger partial charge on any atom is 0.0203 e. The zero-order valence-electron chi connectivity index (χ0n) is 24.1. The molecule has 2 atom stereocenters. The number of nitrogens with zero attached hydrogens (tertiary/aromatic N) is 2. The Balaban J connectivity index is 2.26. The molecule has 2 nitrogen and oxygen atoms in total. The summed E-state index contributed by atoms with van der Waals surface area (Å²) in [6.07, 6.45) is 14.1. The van der Waals surface area contributed by atoms with Crippen molar-refractivity contribution in [2.45, 2.75) is 138 Å². The minimum atomic E-state index is 0.249. The van der Waals surface area contributed by atoms with Gasteiger partial charge in [0.25, 0.3) is 0 Å². The molecule has 0 radical (unpaired) electrons. The van der Waals surface area contributed by atoms with Crippen LogP contribution in [-0.4, -0.2) is 48.1 Å². The fourth-order valence-electron chi connectivity index (χ4n) is 7.36. The molecule has 2 heterocycles. The minimum absolute atomic E-state index is 0.249. The number of hydrogen-bond donors (Lipinski definition) is 0. The molecule has 2 unspecified atom stereocenters. The Hall–Kier alpha value is -0.0800. The van der Waals surface area contributed by atoms with Gasteiger partial charge in [-0.2, -0.15) is 0 Å². The van der Waals surface area contributed by atoms with Crippen molar-refractivity contribution in [1.29, 1.82) is 0 Å². The molecule has 2 saturated heterocycles. The molecule has 2 heteroatoms. The molecule has 0 aromatic rings. The molecule has 0 aliphatic carbocycles. The third-order valence-electron chi connectivity index (χ3n) is 11.6. The maximum atomic E-state index is 2.64. The van der Waals surface area contributed by atoms with Crippen molar-refractivity contribution < 1.29 is 0 Å². The van der Waals surface area contributed by atoms with Crippen LogP contribution in [0.5, 0.6) is 0 Å². The van der Waals surface area contributed by atoms with E-state index in [0.717, 1.165) is 17.8 Å². The largest absolute Gasteiger partial charge is 0.301 e. The van der Waals surface area contributed by atoms with Crippen molar-refractivity contribution in [3.05, 3.63) is 0 Å². The Kier molecular flexibility index (Phi) is 9.39. The first-order chi connectivity index (χ1) is 14.7. The lowest BCUT2D eigenvalue weighted by Gasteiger charge is -2.63. The summed E-state index contributed by atoms with van der Waals surface area (Å²) >= 11 is 0. The highest BCUT2D eigenvalue weighted by molar-refractivity contribution is 5.09. The fourth-order valence-corrected chi connectivity index (χ4v) is 7.36. The van der Waals surface area contributed by atoms with Crippen molar-refractivity contribution in [3.8, 4) is 0 Å². The Morgan fingerprint density at radius 2 is 1.00 bits per heavy atom. The van der Waals surface area contributed by atoms with Gasteiger partial charge in [0.1, 0.15) is 0 Å². The van der Waals surface area contributed by atoms with Crippen molar-refractivity contribution in [1.82, 2.24) is 9.80 Å². The van der Waals surface area contributed by atoms with Gasteiger partial charge in [0, 0.05) is 11.1 Å². The number of unbranched alkanes of at least 4 members (excludes halogenated alkanes) is 6. The van der Waals surface area contributed by atoms with Gasteiger partial charge >= 0.3 is 0 Å². The lowest BCUT2D eigenvalue weighted by molar-refractivity contribution is -0.134. The van der Waals surface area contributed by atoms with Gasteiger partial charge in [-0.15, -0.1) is 0 Å². The Bertz CT molecular complexity index is 531. The molecule has 0 aromatic carbocycles. The van der Waals surface area contributed by atoms with Crippen LogP contribution < -0.4 is 0 Å². The predicted octanol–water partition coefficient (Wildman–Crippen LogP) is 8.26. The molecule has 2 aliphatic heterocycles. The lowest BCUT2D eigenvalue weighted by Crippen LogP contribution is -2.65. The second-order valence-corrected chi connectivity index (χ2v) is 13.8. The van der Waals surface area contributed by atoms with Crippen LogP contribution in [0.4, 0.5) is 0 Å². The Morgan fingerprint density at radius 1 is 0.625 bits per heavy atom. The first-order valence-corrected chi connectivity index (χ1v) is 14.1. The molecule has 0 saturated carbocycles. The third kappa shape index (κ3) is 5.27. The average molecular weight is 449 g/mol. The van der Waals surface area contributed by atoms with Crippen molar-refractivity contribution in [2.75, 3.05) is 27.2 Å². The van der Waals surface area contributed by atoms with E-state index in [-0.39, 0.29) is 11.1 Å². The van der Waals surface area contributed by atoms with E-state index in [1.807, 2.05) is 0 Å². The second kappa shape index (κ2) is 10.7. The summed E-state index contributed by atoms with van der Waals surface area (Å²) in [5.74, 6) is 2.48. The summed E-state index contributed by atoms with van der Waals surface area (Å²) < 4.78 is 0. The SMILES string of the molecule is CCCCCCCCCC(C1CCN(C)C(C)(C)C1(C)C)C1CCN(C)C(C)(C)C1(C)C. The van der Waals surface area contributed by atoms with Crippen molar-refractivity contribution in [3.63, 3.8) is 0 Å². The molecular formula is C30H60N2. The minimum Gasteiger partial charge on any atom is -0.301 e. The monoisotopic (exact) mass is 448 g/mol. The Labute approximate surface area is 203 Å². The standard InChI is InChI=1S/C30H60N2/c1-12-13-14-15-16-17-18-19-24(25-20-22-31(10)29(6,7)27(25,2)3)26-21-23-32(11)30(8,9)28(26,4)5/h24-26H,12-23H2,1-11H3. The average Bonchev–Trinajstić information content (AvgIpc) is 2.69. The number of hydrogen-bond acceptors (Lipinski definition) is 2. The predicted molar refractivity (Wildman–Crippen MR) is 143 cm³/mol. The smallest absolute Gasteiger partial charge is 0.0203 e. The maximum absolute atomic E-state index is 2.64. The van der Waals surface area contributed by atoms with E-state index in [4.69, 9.17) is 0 Å². The lowest BCUT2D eigenvalue weighted by atomic mass is 9.50. The zero-order valence-corrected chi connectivity index (χ0v) is 24.1.